The van der Waals surface area contributed by atoms with Crippen LogP contribution in [0.1, 0.15) is 48.7 Å². The summed E-state index contributed by atoms with van der Waals surface area (Å²) in [5.41, 5.74) is 0.858. The maximum Gasteiger partial charge on any atom is 0.258 e. The minimum atomic E-state index is -0.603. The number of halogens is 2. The van der Waals surface area contributed by atoms with Crippen molar-refractivity contribution in [3.63, 3.8) is 0 Å². The third-order valence-electron chi connectivity index (χ3n) is 5.92. The van der Waals surface area contributed by atoms with E-state index in [0.717, 1.165) is 25.3 Å². The van der Waals surface area contributed by atoms with E-state index in [-0.39, 0.29) is 52.2 Å². The number of pyridine rings is 1. The number of nitrogens with one attached hydrogen (secondary N) is 1. The van der Waals surface area contributed by atoms with Crippen LogP contribution in [0.2, 0.25) is 5.02 Å². The van der Waals surface area contributed by atoms with Crippen LogP contribution in [0.4, 0.5) is 4.39 Å². The number of hydrogen-bond donors (Lipinski definition) is 1. The first kappa shape index (κ1) is 21.4. The number of nitrogens with zero attached hydrogens (tertiary/aromatic N) is 1. The summed E-state index contributed by atoms with van der Waals surface area (Å²) in [4.78, 5) is 40.1. The van der Waals surface area contributed by atoms with Gasteiger partial charge in [-0.2, -0.15) is 0 Å². The van der Waals surface area contributed by atoms with Gasteiger partial charge in [-0.05, 0) is 55.9 Å². The lowest BCUT2D eigenvalue weighted by atomic mass is 9.38. The molecule has 3 aliphatic carbocycles. The van der Waals surface area contributed by atoms with E-state index in [0.29, 0.717) is 17.7 Å². The fourth-order valence-corrected chi connectivity index (χ4v) is 4.87. The van der Waals surface area contributed by atoms with Crippen LogP contribution in [-0.4, -0.2) is 34.6 Å². The Balaban J connectivity index is 1.23. The molecule has 0 atom stereocenters. The van der Waals surface area contributed by atoms with Crippen LogP contribution >= 0.6 is 11.6 Å². The van der Waals surface area contributed by atoms with Crippen LogP contribution in [0.3, 0.4) is 0 Å². The molecule has 0 saturated heterocycles. The number of Topliss-reactive ketones (excluding diaryl/α,β-unsaturated/α-hetero) is 2. The monoisotopic (exact) mass is 444 g/mol. The predicted octanol–water partition coefficient (Wildman–Crippen LogP) is 3.70. The Hall–Kier alpha value is -2.80. The number of amides is 1. The Morgan fingerprint density at radius 3 is 2.55 bits per heavy atom. The summed E-state index contributed by atoms with van der Waals surface area (Å²) in [6.07, 6.45) is 4.46. The van der Waals surface area contributed by atoms with Crippen molar-refractivity contribution in [2.75, 3.05) is 6.61 Å². The molecule has 1 amide bonds. The minimum absolute atomic E-state index is 0.00620. The van der Waals surface area contributed by atoms with Gasteiger partial charge in [0.1, 0.15) is 17.3 Å². The number of ketones is 2. The molecular formula is C23H22ClFN2O4. The lowest BCUT2D eigenvalue weighted by Gasteiger charge is -2.70. The number of carbonyl (C=O) groups is 3. The molecule has 2 aromatic rings. The summed E-state index contributed by atoms with van der Waals surface area (Å²) in [6.45, 7) is 1.29. The molecule has 1 aromatic carbocycles. The maximum atomic E-state index is 13.4. The van der Waals surface area contributed by atoms with Crippen molar-refractivity contribution in [3.05, 3.63) is 58.6 Å². The van der Waals surface area contributed by atoms with Gasteiger partial charge in [0.05, 0.1) is 5.02 Å². The lowest BCUT2D eigenvalue weighted by molar-refractivity contribution is -0.164. The number of benzene rings is 1. The van der Waals surface area contributed by atoms with Gasteiger partial charge in [-0.25, -0.2) is 4.39 Å². The molecule has 1 heterocycles. The lowest BCUT2D eigenvalue weighted by Crippen LogP contribution is -2.75. The second kappa shape index (κ2) is 8.04. The van der Waals surface area contributed by atoms with Gasteiger partial charge in [0.25, 0.3) is 5.91 Å². The highest BCUT2D eigenvalue weighted by molar-refractivity contribution is 6.30. The largest absolute Gasteiger partial charge is 0.484 e. The van der Waals surface area contributed by atoms with Gasteiger partial charge in [0.2, 0.25) is 0 Å². The summed E-state index contributed by atoms with van der Waals surface area (Å²) in [7, 11) is 0. The standard InChI is InChI=1S/C23H22ClFN2O4/c1-14(28)6-16-3-2-15(9-26-16)20(29)8-22-11-23(12-22,13-22)27-21(30)10-31-17-4-5-18(24)19(25)7-17/h2-5,7,9H,6,8,10-13H2,1H3,(H,27,30). The van der Waals surface area contributed by atoms with Gasteiger partial charge < -0.3 is 10.1 Å². The smallest absolute Gasteiger partial charge is 0.258 e. The molecule has 0 unspecified atom stereocenters. The topological polar surface area (TPSA) is 85.4 Å². The van der Waals surface area contributed by atoms with Gasteiger partial charge in [-0.15, -0.1) is 0 Å². The second-order valence-corrected chi connectivity index (χ2v) is 9.15. The van der Waals surface area contributed by atoms with Gasteiger partial charge in [0, 0.05) is 41.9 Å². The quantitative estimate of drug-likeness (QED) is 0.596. The molecule has 1 aromatic heterocycles. The highest BCUT2D eigenvalue weighted by atomic mass is 35.5. The Kier molecular flexibility index (Phi) is 5.56. The molecule has 3 saturated carbocycles. The van der Waals surface area contributed by atoms with Crippen LogP contribution < -0.4 is 10.1 Å². The fraction of sp³-hybridized carbons (Fsp3) is 0.391. The van der Waals surface area contributed by atoms with E-state index in [9.17, 15) is 18.8 Å². The first-order chi connectivity index (χ1) is 14.7. The van der Waals surface area contributed by atoms with E-state index in [1.54, 1.807) is 12.1 Å². The Morgan fingerprint density at radius 2 is 1.94 bits per heavy atom. The maximum absolute atomic E-state index is 13.4. The first-order valence-corrected chi connectivity index (χ1v) is 10.4. The number of ether oxygens (including phenoxy) is 1. The van der Waals surface area contributed by atoms with Crippen molar-refractivity contribution in [1.29, 1.82) is 0 Å². The average Bonchev–Trinajstić information content (AvgIpc) is 2.66. The first-order valence-electron chi connectivity index (χ1n) is 10.0. The molecule has 0 spiro atoms. The molecule has 0 radical (unpaired) electrons. The van der Waals surface area contributed by atoms with Crippen molar-refractivity contribution < 1.29 is 23.5 Å². The molecular weight excluding hydrogens is 423 g/mol. The fourth-order valence-electron chi connectivity index (χ4n) is 4.76. The molecule has 1 N–H and O–H groups in total. The van der Waals surface area contributed by atoms with Gasteiger partial charge in [-0.1, -0.05) is 11.6 Å². The van der Waals surface area contributed by atoms with Crippen molar-refractivity contribution in [1.82, 2.24) is 10.3 Å². The molecule has 2 bridgehead atoms. The third kappa shape index (κ3) is 4.61. The molecule has 31 heavy (non-hydrogen) atoms. The molecule has 3 aliphatic rings. The molecule has 8 heteroatoms. The zero-order valence-corrected chi connectivity index (χ0v) is 17.8. The number of rotatable bonds is 9. The molecule has 0 aliphatic heterocycles. The van der Waals surface area contributed by atoms with Crippen LogP contribution in [0.15, 0.2) is 36.5 Å². The Morgan fingerprint density at radius 1 is 1.19 bits per heavy atom. The van der Waals surface area contributed by atoms with E-state index in [1.165, 1.54) is 25.3 Å². The van der Waals surface area contributed by atoms with E-state index >= 15 is 0 Å². The number of aromatic nitrogens is 1. The Bertz CT molecular complexity index is 1030. The van der Waals surface area contributed by atoms with Gasteiger partial charge >= 0.3 is 0 Å². The van der Waals surface area contributed by atoms with E-state index in [1.807, 2.05) is 0 Å². The third-order valence-corrected chi connectivity index (χ3v) is 6.22. The number of carbonyl (C=O) groups excluding carboxylic acids is 3. The van der Waals surface area contributed by atoms with Crippen molar-refractivity contribution >= 4 is 29.1 Å². The highest BCUT2D eigenvalue weighted by Gasteiger charge is 2.68. The normalized spacial score (nSPS) is 23.3. The molecule has 6 nitrogen and oxygen atoms in total. The second-order valence-electron chi connectivity index (χ2n) is 8.74. The zero-order chi connectivity index (χ0) is 22.2. The average molecular weight is 445 g/mol. The summed E-state index contributed by atoms with van der Waals surface area (Å²) < 4.78 is 18.8. The zero-order valence-electron chi connectivity index (χ0n) is 17.0. The predicted molar refractivity (Wildman–Crippen MR) is 112 cm³/mol. The molecule has 3 fully saturated rings. The van der Waals surface area contributed by atoms with E-state index in [2.05, 4.69) is 10.3 Å². The van der Waals surface area contributed by atoms with E-state index < -0.39 is 5.82 Å². The van der Waals surface area contributed by atoms with Crippen LogP contribution in [-0.2, 0) is 16.0 Å². The molecule has 162 valence electrons. The van der Waals surface area contributed by atoms with Crippen LogP contribution in [0.25, 0.3) is 0 Å². The summed E-state index contributed by atoms with van der Waals surface area (Å²) in [5.74, 6) is -0.595. The summed E-state index contributed by atoms with van der Waals surface area (Å²) in [5, 5.41) is 2.97. The summed E-state index contributed by atoms with van der Waals surface area (Å²) >= 11 is 5.63. The van der Waals surface area contributed by atoms with Crippen LogP contribution in [0.5, 0.6) is 5.75 Å². The minimum Gasteiger partial charge on any atom is -0.484 e. The van der Waals surface area contributed by atoms with Gasteiger partial charge in [0.15, 0.2) is 12.4 Å². The number of hydrogen-bond acceptors (Lipinski definition) is 5. The van der Waals surface area contributed by atoms with Crippen molar-refractivity contribution in [2.24, 2.45) is 5.41 Å². The van der Waals surface area contributed by atoms with Gasteiger partial charge in [-0.3, -0.25) is 19.4 Å². The SMILES string of the molecule is CC(=O)Cc1ccc(C(=O)CC23CC(NC(=O)COc4ccc(Cl)c(F)c4)(C2)C3)cn1. The van der Waals surface area contributed by atoms with Crippen LogP contribution in [0, 0.1) is 11.2 Å². The summed E-state index contributed by atoms with van der Waals surface area (Å²) in [6, 6.07) is 7.44. The Labute approximate surface area is 184 Å². The highest BCUT2D eigenvalue weighted by Crippen LogP contribution is 2.69. The molecule has 5 rings (SSSR count). The van der Waals surface area contributed by atoms with Crippen molar-refractivity contribution in [2.45, 2.75) is 44.6 Å². The van der Waals surface area contributed by atoms with Crippen molar-refractivity contribution in [3.8, 4) is 5.75 Å². The van der Waals surface area contributed by atoms with E-state index in [4.69, 9.17) is 16.3 Å².